The zero-order valence-electron chi connectivity index (χ0n) is 31.2. The molecule has 5 nitrogen and oxygen atoms in total. The minimum atomic E-state index is -0.636. The zero-order chi connectivity index (χ0) is 38.2. The van der Waals surface area contributed by atoms with Crippen LogP contribution in [0.4, 0.5) is 0 Å². The van der Waals surface area contributed by atoms with Crippen LogP contribution < -0.4 is 0 Å². The fourth-order valence-corrected chi connectivity index (χ4v) is 9.23. The van der Waals surface area contributed by atoms with Crippen molar-refractivity contribution in [3.63, 3.8) is 0 Å². The number of hydrogen-bond acceptors (Lipinski definition) is 5. The predicted molar refractivity (Wildman–Crippen MR) is 233 cm³/mol. The SMILES string of the molecule is C1=Cc2ccc(-c3cc(-c4ccccc4)nc(-c4cnc(-c5ccccc5)nc4)n3)cc2C2(c3ccccc31)c1ccccc1-c1cc3oc4ccccc4c3cc12. The molecule has 1 spiro atoms. The molecule has 5 heteroatoms. The molecule has 10 aromatic rings. The van der Waals surface area contributed by atoms with Crippen LogP contribution in [0.3, 0.4) is 0 Å². The van der Waals surface area contributed by atoms with Gasteiger partial charge in [-0.2, -0.15) is 0 Å². The van der Waals surface area contributed by atoms with E-state index in [2.05, 4.69) is 127 Å². The highest BCUT2D eigenvalue weighted by atomic mass is 16.3. The van der Waals surface area contributed by atoms with Gasteiger partial charge in [0, 0.05) is 39.9 Å². The highest BCUT2D eigenvalue weighted by molar-refractivity contribution is 6.08. The lowest BCUT2D eigenvalue weighted by Crippen LogP contribution is -2.30. The van der Waals surface area contributed by atoms with Gasteiger partial charge in [0.1, 0.15) is 11.2 Å². The third-order valence-electron chi connectivity index (χ3n) is 11.8. The molecule has 0 fully saturated rings. The van der Waals surface area contributed by atoms with Gasteiger partial charge in [-0.25, -0.2) is 19.9 Å². The Morgan fingerprint density at radius 3 is 1.84 bits per heavy atom. The second kappa shape index (κ2) is 12.6. The van der Waals surface area contributed by atoms with Crippen LogP contribution >= 0.6 is 0 Å². The van der Waals surface area contributed by atoms with Gasteiger partial charge in [-0.3, -0.25) is 0 Å². The Labute approximate surface area is 334 Å². The first-order valence-electron chi connectivity index (χ1n) is 19.5. The molecule has 1 atom stereocenters. The van der Waals surface area contributed by atoms with Crippen molar-refractivity contribution in [3.8, 4) is 56.4 Å². The van der Waals surface area contributed by atoms with Crippen LogP contribution in [0.15, 0.2) is 187 Å². The van der Waals surface area contributed by atoms with E-state index in [1.165, 1.54) is 38.9 Å². The Morgan fingerprint density at radius 1 is 0.379 bits per heavy atom. The number of aromatic nitrogens is 4. The summed E-state index contributed by atoms with van der Waals surface area (Å²) in [6, 6.07) is 59.9. The molecule has 2 aliphatic carbocycles. The molecular formula is C53H32N4O. The Morgan fingerprint density at radius 2 is 1.03 bits per heavy atom. The number of hydrogen-bond donors (Lipinski definition) is 0. The predicted octanol–water partition coefficient (Wildman–Crippen LogP) is 12.7. The molecule has 1 unspecified atom stereocenters. The van der Waals surface area contributed by atoms with E-state index in [1.54, 1.807) is 0 Å². The van der Waals surface area contributed by atoms with Crippen LogP contribution in [-0.2, 0) is 5.41 Å². The van der Waals surface area contributed by atoms with Crippen LogP contribution in [0, 0.1) is 0 Å². The lowest BCUT2D eigenvalue weighted by Gasteiger charge is -2.35. The molecule has 270 valence electrons. The number of furan rings is 1. The minimum Gasteiger partial charge on any atom is -0.456 e. The van der Waals surface area contributed by atoms with Gasteiger partial charge in [0.25, 0.3) is 0 Å². The summed E-state index contributed by atoms with van der Waals surface area (Å²) in [5.74, 6) is 1.22. The van der Waals surface area contributed by atoms with Crippen molar-refractivity contribution in [2.75, 3.05) is 0 Å². The largest absolute Gasteiger partial charge is 0.456 e. The highest BCUT2D eigenvalue weighted by Crippen LogP contribution is 2.59. The Kier molecular flexibility index (Phi) is 7.07. The lowest BCUT2D eigenvalue weighted by atomic mass is 9.65. The van der Waals surface area contributed by atoms with Gasteiger partial charge in [0.15, 0.2) is 11.6 Å². The minimum absolute atomic E-state index is 0.566. The summed E-state index contributed by atoms with van der Waals surface area (Å²) in [6.45, 7) is 0. The first kappa shape index (κ1) is 32.5. The van der Waals surface area contributed by atoms with Gasteiger partial charge < -0.3 is 4.42 Å². The maximum Gasteiger partial charge on any atom is 0.163 e. The van der Waals surface area contributed by atoms with Gasteiger partial charge in [-0.1, -0.05) is 152 Å². The smallest absolute Gasteiger partial charge is 0.163 e. The van der Waals surface area contributed by atoms with E-state index in [9.17, 15) is 0 Å². The van der Waals surface area contributed by atoms with Gasteiger partial charge in [0.2, 0.25) is 0 Å². The van der Waals surface area contributed by atoms with Crippen molar-refractivity contribution in [2.24, 2.45) is 0 Å². The van der Waals surface area contributed by atoms with E-state index >= 15 is 0 Å². The summed E-state index contributed by atoms with van der Waals surface area (Å²) >= 11 is 0. The number of fused-ring (bicyclic) bond motifs is 12. The summed E-state index contributed by atoms with van der Waals surface area (Å²) in [4.78, 5) is 19.9. The molecule has 0 saturated heterocycles. The summed E-state index contributed by atoms with van der Waals surface area (Å²) in [7, 11) is 0. The molecular weight excluding hydrogens is 709 g/mol. The standard InChI is InChI=1S/C53H32N4O/c1-3-14-35(15-4-1)47-30-48(57-52(56-47)38-31-54-51(55-32-38)36-16-5-2-6-17-36)37-26-25-34-24-23-33-13-7-10-20-43(33)53(45(34)27-37)44-21-11-8-18-39(44)41-29-50-42(28-46(41)53)40-19-9-12-22-49(40)58-50/h1-32H. The zero-order valence-corrected chi connectivity index (χ0v) is 31.2. The van der Waals surface area contributed by atoms with E-state index in [1.807, 2.05) is 67.0 Å². The molecule has 3 heterocycles. The van der Waals surface area contributed by atoms with Crippen molar-refractivity contribution in [1.82, 2.24) is 19.9 Å². The molecule has 0 radical (unpaired) electrons. The van der Waals surface area contributed by atoms with E-state index in [0.29, 0.717) is 11.6 Å². The molecule has 2 aliphatic rings. The van der Waals surface area contributed by atoms with Gasteiger partial charge in [-0.15, -0.1) is 0 Å². The monoisotopic (exact) mass is 740 g/mol. The average Bonchev–Trinajstić information content (AvgIpc) is 3.75. The van der Waals surface area contributed by atoms with Crippen molar-refractivity contribution >= 4 is 34.1 Å². The normalized spacial score (nSPS) is 14.9. The molecule has 0 saturated carbocycles. The maximum absolute atomic E-state index is 6.50. The van der Waals surface area contributed by atoms with E-state index < -0.39 is 5.41 Å². The maximum atomic E-state index is 6.50. The first-order chi connectivity index (χ1) is 28.7. The average molecular weight is 741 g/mol. The summed E-state index contributed by atoms with van der Waals surface area (Å²) in [5.41, 5.74) is 16.2. The Hall–Kier alpha value is -7.76. The second-order valence-electron chi connectivity index (χ2n) is 15.0. The number of benzene rings is 7. The third-order valence-corrected chi connectivity index (χ3v) is 11.8. The second-order valence-corrected chi connectivity index (χ2v) is 15.0. The summed E-state index contributed by atoms with van der Waals surface area (Å²) in [5, 5.41) is 2.23. The molecule has 0 bridgehead atoms. The molecule has 0 aliphatic heterocycles. The fourth-order valence-electron chi connectivity index (χ4n) is 9.23. The molecule has 7 aromatic carbocycles. The van der Waals surface area contributed by atoms with Gasteiger partial charge in [0.05, 0.1) is 22.4 Å². The van der Waals surface area contributed by atoms with Crippen LogP contribution in [-0.4, -0.2) is 19.9 Å². The topological polar surface area (TPSA) is 64.7 Å². The van der Waals surface area contributed by atoms with Gasteiger partial charge in [-0.05, 0) is 74.8 Å². The lowest BCUT2D eigenvalue weighted by molar-refractivity contribution is 0.668. The fraction of sp³-hybridized carbons (Fsp3) is 0.0189. The highest BCUT2D eigenvalue weighted by Gasteiger charge is 2.49. The Balaban J connectivity index is 1.11. The van der Waals surface area contributed by atoms with Crippen molar-refractivity contribution in [3.05, 3.63) is 216 Å². The van der Waals surface area contributed by atoms with E-state index in [4.69, 9.17) is 24.4 Å². The van der Waals surface area contributed by atoms with Crippen LogP contribution in [0.25, 0.3) is 90.5 Å². The van der Waals surface area contributed by atoms with E-state index in [0.717, 1.165) is 61.1 Å². The molecule has 58 heavy (non-hydrogen) atoms. The molecule has 3 aromatic heterocycles. The van der Waals surface area contributed by atoms with Crippen LogP contribution in [0.1, 0.15) is 33.4 Å². The molecule has 12 rings (SSSR count). The van der Waals surface area contributed by atoms with Gasteiger partial charge >= 0.3 is 0 Å². The third kappa shape index (κ3) is 4.83. The van der Waals surface area contributed by atoms with Crippen molar-refractivity contribution in [1.29, 1.82) is 0 Å². The summed E-state index contributed by atoms with van der Waals surface area (Å²) in [6.07, 6.45) is 8.18. The number of rotatable bonds is 4. The van der Waals surface area contributed by atoms with Crippen molar-refractivity contribution in [2.45, 2.75) is 5.41 Å². The number of nitrogens with zero attached hydrogens (tertiary/aromatic N) is 4. The molecule has 0 N–H and O–H groups in total. The Bertz CT molecular complexity index is 3280. The van der Waals surface area contributed by atoms with Crippen LogP contribution in [0.5, 0.6) is 0 Å². The van der Waals surface area contributed by atoms with E-state index in [-0.39, 0.29) is 0 Å². The summed E-state index contributed by atoms with van der Waals surface area (Å²) < 4.78 is 6.50. The first-order valence-corrected chi connectivity index (χ1v) is 19.5. The molecule has 0 amide bonds. The van der Waals surface area contributed by atoms with Crippen LogP contribution in [0.2, 0.25) is 0 Å². The van der Waals surface area contributed by atoms with Crippen molar-refractivity contribution < 1.29 is 4.42 Å². The quantitative estimate of drug-likeness (QED) is 0.180. The number of para-hydroxylation sites is 1.